The minimum atomic E-state index is -0.502. The fourth-order valence-electron chi connectivity index (χ4n) is 4.75. The smallest absolute Gasteiger partial charge is 0.412 e. The second-order valence-electron chi connectivity index (χ2n) is 8.53. The van der Waals surface area contributed by atoms with Crippen LogP contribution >= 0.6 is 0 Å². The molecule has 3 aliphatic rings. The first kappa shape index (κ1) is 18.9. The van der Waals surface area contributed by atoms with Gasteiger partial charge in [0.1, 0.15) is 5.60 Å². The Morgan fingerprint density at radius 2 is 2.07 bits per heavy atom. The highest BCUT2D eigenvalue weighted by Crippen LogP contribution is 2.65. The molecule has 7 nitrogen and oxygen atoms in total. The molecule has 1 spiro atoms. The van der Waals surface area contributed by atoms with Gasteiger partial charge in [-0.25, -0.2) is 4.79 Å². The van der Waals surface area contributed by atoms with Gasteiger partial charge in [-0.05, 0) is 26.3 Å². The quantitative estimate of drug-likeness (QED) is 0.443. The SMILES string of the molecule is CCCCCC1N(NC(=O)c2ccccc2C=O)[C@@]12[C@@H]1CC(C)(C)OC(=O)N12. The van der Waals surface area contributed by atoms with Gasteiger partial charge in [0.25, 0.3) is 5.91 Å². The molecule has 3 aliphatic heterocycles. The fraction of sp³-hybridized carbons (Fsp3) is 0.571. The number of benzene rings is 1. The number of fused-ring (bicyclic) bond motifs is 3. The third-order valence-electron chi connectivity index (χ3n) is 6.12. The number of aldehydes is 1. The fourth-order valence-corrected chi connectivity index (χ4v) is 4.75. The van der Waals surface area contributed by atoms with E-state index in [0.717, 1.165) is 32.1 Å². The number of ether oxygens (including phenoxy) is 1. The molecule has 3 fully saturated rings. The van der Waals surface area contributed by atoms with Crippen molar-refractivity contribution >= 4 is 18.3 Å². The topological polar surface area (TPSA) is 78.5 Å². The van der Waals surface area contributed by atoms with Crippen LogP contribution in [0.3, 0.4) is 0 Å². The zero-order valence-corrected chi connectivity index (χ0v) is 16.6. The van der Waals surface area contributed by atoms with Gasteiger partial charge >= 0.3 is 6.09 Å². The summed E-state index contributed by atoms with van der Waals surface area (Å²) in [5, 5.41) is 1.90. The lowest BCUT2D eigenvalue weighted by Crippen LogP contribution is -2.37. The van der Waals surface area contributed by atoms with Crippen molar-refractivity contribution in [2.45, 2.75) is 76.2 Å². The summed E-state index contributed by atoms with van der Waals surface area (Å²) < 4.78 is 5.55. The number of carbonyl (C=O) groups is 3. The highest BCUT2D eigenvalue weighted by atomic mass is 16.6. The average Bonchev–Trinajstić information content (AvgIpc) is 3.49. The van der Waals surface area contributed by atoms with E-state index in [9.17, 15) is 14.4 Å². The van der Waals surface area contributed by atoms with Crippen LogP contribution in [-0.2, 0) is 4.74 Å². The number of hydrazine groups is 1. The van der Waals surface area contributed by atoms with Crippen molar-refractivity contribution in [3.05, 3.63) is 35.4 Å². The Morgan fingerprint density at radius 1 is 1.32 bits per heavy atom. The van der Waals surface area contributed by atoms with Crippen molar-refractivity contribution in [3.63, 3.8) is 0 Å². The Hall–Kier alpha value is -2.41. The molecule has 28 heavy (non-hydrogen) atoms. The minimum absolute atomic E-state index is 0.0528. The number of cyclic esters (lactones) is 1. The molecule has 1 N–H and O–H groups in total. The first-order valence-electron chi connectivity index (χ1n) is 10.0. The van der Waals surface area contributed by atoms with Crippen LogP contribution in [0.2, 0.25) is 0 Å². The van der Waals surface area contributed by atoms with Gasteiger partial charge in [-0.1, -0.05) is 44.4 Å². The second kappa shape index (κ2) is 6.58. The van der Waals surface area contributed by atoms with E-state index in [0.29, 0.717) is 17.4 Å². The summed E-state index contributed by atoms with van der Waals surface area (Å²) in [5.74, 6) is -0.322. The lowest BCUT2D eigenvalue weighted by Gasteiger charge is -2.28. The van der Waals surface area contributed by atoms with Crippen molar-refractivity contribution in [2.75, 3.05) is 0 Å². The van der Waals surface area contributed by atoms with Crippen LogP contribution in [0.25, 0.3) is 0 Å². The maximum Gasteiger partial charge on any atom is 0.412 e. The van der Waals surface area contributed by atoms with Crippen LogP contribution in [-0.4, -0.2) is 51.5 Å². The van der Waals surface area contributed by atoms with E-state index in [1.54, 1.807) is 29.2 Å². The average molecular weight is 385 g/mol. The van der Waals surface area contributed by atoms with Crippen molar-refractivity contribution < 1.29 is 19.1 Å². The summed E-state index contributed by atoms with van der Waals surface area (Å²) >= 11 is 0. The molecule has 3 saturated heterocycles. The molecule has 4 rings (SSSR count). The molecule has 150 valence electrons. The number of nitrogens with zero attached hydrogens (tertiary/aromatic N) is 2. The number of rotatable bonds is 7. The summed E-state index contributed by atoms with van der Waals surface area (Å²) in [6, 6.07) is 6.86. The van der Waals surface area contributed by atoms with E-state index in [-0.39, 0.29) is 24.1 Å². The summed E-state index contributed by atoms with van der Waals surface area (Å²) in [7, 11) is 0. The molecule has 0 radical (unpaired) electrons. The first-order chi connectivity index (χ1) is 13.4. The Balaban J connectivity index is 1.54. The van der Waals surface area contributed by atoms with E-state index in [4.69, 9.17) is 4.74 Å². The molecule has 7 heteroatoms. The van der Waals surface area contributed by atoms with Gasteiger partial charge < -0.3 is 4.74 Å². The molecule has 0 aromatic heterocycles. The minimum Gasteiger partial charge on any atom is -0.443 e. The van der Waals surface area contributed by atoms with Crippen LogP contribution in [0.1, 0.15) is 73.6 Å². The Labute approximate surface area is 165 Å². The molecule has 0 saturated carbocycles. The number of hydrogen-bond acceptors (Lipinski definition) is 5. The van der Waals surface area contributed by atoms with E-state index in [1.807, 2.05) is 18.9 Å². The van der Waals surface area contributed by atoms with Crippen LogP contribution in [0.5, 0.6) is 0 Å². The second-order valence-corrected chi connectivity index (χ2v) is 8.53. The first-order valence-corrected chi connectivity index (χ1v) is 10.0. The number of unbranched alkanes of at least 4 members (excludes halogenated alkanes) is 2. The molecular formula is C21H27N3O4. The molecule has 1 aromatic rings. The number of nitrogens with one attached hydrogen (secondary N) is 1. The number of carbonyl (C=O) groups excluding carboxylic acids is 3. The van der Waals surface area contributed by atoms with Crippen LogP contribution in [0.15, 0.2) is 24.3 Å². The van der Waals surface area contributed by atoms with E-state index in [2.05, 4.69) is 12.3 Å². The van der Waals surface area contributed by atoms with Crippen molar-refractivity contribution in [1.82, 2.24) is 15.3 Å². The Bertz CT molecular complexity index is 824. The normalized spacial score (nSPS) is 31.8. The van der Waals surface area contributed by atoms with Crippen LogP contribution in [0.4, 0.5) is 4.79 Å². The van der Waals surface area contributed by atoms with Gasteiger partial charge in [-0.15, -0.1) is 0 Å². The summed E-state index contributed by atoms with van der Waals surface area (Å²) in [5.41, 5.74) is 2.69. The van der Waals surface area contributed by atoms with Gasteiger partial charge in [-0.3, -0.25) is 19.9 Å². The van der Waals surface area contributed by atoms with Gasteiger partial charge in [0.2, 0.25) is 0 Å². The molecule has 2 amide bonds. The molecule has 2 unspecified atom stereocenters. The largest absolute Gasteiger partial charge is 0.443 e. The maximum absolute atomic E-state index is 12.8. The zero-order valence-electron chi connectivity index (χ0n) is 16.6. The molecular weight excluding hydrogens is 358 g/mol. The highest BCUT2D eigenvalue weighted by Gasteiger charge is 2.87. The van der Waals surface area contributed by atoms with E-state index >= 15 is 0 Å². The molecule has 4 atom stereocenters. The van der Waals surface area contributed by atoms with Crippen molar-refractivity contribution in [2.24, 2.45) is 0 Å². The third-order valence-corrected chi connectivity index (χ3v) is 6.12. The number of amides is 2. The van der Waals surface area contributed by atoms with Gasteiger partial charge in [0.05, 0.1) is 17.6 Å². The predicted molar refractivity (Wildman–Crippen MR) is 103 cm³/mol. The lowest BCUT2D eigenvalue weighted by atomic mass is 9.99. The zero-order chi connectivity index (χ0) is 20.1. The summed E-state index contributed by atoms with van der Waals surface area (Å²) in [4.78, 5) is 38.4. The lowest BCUT2D eigenvalue weighted by molar-refractivity contribution is 0.000286. The maximum atomic E-state index is 12.8. The molecule has 3 heterocycles. The van der Waals surface area contributed by atoms with Crippen molar-refractivity contribution in [3.8, 4) is 0 Å². The third kappa shape index (κ3) is 2.80. The highest BCUT2D eigenvalue weighted by molar-refractivity contribution is 6.01. The van der Waals surface area contributed by atoms with Crippen molar-refractivity contribution in [1.29, 1.82) is 0 Å². The summed E-state index contributed by atoms with van der Waals surface area (Å²) in [6.45, 7) is 6.00. The molecule has 0 bridgehead atoms. The van der Waals surface area contributed by atoms with Crippen LogP contribution in [0, 0.1) is 0 Å². The molecule has 0 aliphatic carbocycles. The van der Waals surface area contributed by atoms with E-state index < -0.39 is 11.3 Å². The Kier molecular flexibility index (Phi) is 4.45. The Morgan fingerprint density at radius 3 is 2.79 bits per heavy atom. The standard InChI is InChI=1S/C21H27N3O4/c1-4-5-6-11-16-21(17-12-20(2,3)28-19(27)23(17)21)24(16)22-18(26)15-10-8-7-9-14(15)13-25/h7-10,13,16-17H,4-6,11-12H2,1-3H3,(H,22,26)/t16?,17-,21+,23?,24?/m0/s1. The monoisotopic (exact) mass is 385 g/mol. The number of hydrogen-bond donors (Lipinski definition) is 1. The van der Waals surface area contributed by atoms with E-state index in [1.165, 1.54) is 0 Å². The predicted octanol–water partition coefficient (Wildman–Crippen LogP) is 3.11. The molecule has 1 aromatic carbocycles. The summed E-state index contributed by atoms with van der Waals surface area (Å²) in [6.07, 6.45) is 5.28. The van der Waals surface area contributed by atoms with Crippen LogP contribution < -0.4 is 5.43 Å². The van der Waals surface area contributed by atoms with Gasteiger partial charge in [0, 0.05) is 12.0 Å². The van der Waals surface area contributed by atoms with Gasteiger partial charge in [0.15, 0.2) is 11.9 Å². The van der Waals surface area contributed by atoms with Gasteiger partial charge in [-0.2, -0.15) is 5.01 Å².